The molecule has 17 heavy (non-hydrogen) atoms. The third-order valence-electron chi connectivity index (χ3n) is 0. The van der Waals surface area contributed by atoms with Crippen LogP contribution in [0.2, 0.25) is 0 Å². The van der Waals surface area contributed by atoms with E-state index in [1.807, 2.05) is 41.5 Å². The average molecular weight is 477 g/mol. The summed E-state index contributed by atoms with van der Waals surface area (Å²) >= 11 is 0. The molecule has 0 aliphatic heterocycles. The maximum atomic E-state index is 2.12. The van der Waals surface area contributed by atoms with Crippen molar-refractivity contribution in [3.8, 4) is 0 Å². The normalized spacial score (nSPS) is 3.18. The fourth-order valence-corrected chi connectivity index (χ4v) is 0. The summed E-state index contributed by atoms with van der Waals surface area (Å²) in [5.74, 6) is 0. The van der Waals surface area contributed by atoms with Crippen molar-refractivity contribution in [2.24, 2.45) is 0 Å². The van der Waals surface area contributed by atoms with Crippen molar-refractivity contribution < 1.29 is 98.1 Å². The van der Waals surface area contributed by atoms with Gasteiger partial charge in [0.1, 0.15) is 0 Å². The van der Waals surface area contributed by atoms with Gasteiger partial charge in [-0.2, -0.15) is 0 Å². The van der Waals surface area contributed by atoms with Crippen LogP contribution in [0.1, 0.15) is 96.9 Å². The molecule has 0 spiro atoms. The first-order valence-electron chi connectivity index (χ1n) is 5.83. The van der Waals surface area contributed by atoms with Gasteiger partial charge in [0.05, 0.1) is 0 Å². The van der Waals surface area contributed by atoms with Gasteiger partial charge in [-0.05, 0) is 0 Å². The fourth-order valence-electron chi connectivity index (χ4n) is 0. The molecule has 0 aromatic rings. The van der Waals surface area contributed by atoms with E-state index in [4.69, 9.17) is 0 Å². The summed E-state index contributed by atoms with van der Waals surface area (Å²) in [6.45, 7) is 20.5. The number of rotatable bonds is 0. The molecule has 0 saturated carbocycles. The third kappa shape index (κ3) is 528. The van der Waals surface area contributed by atoms with Gasteiger partial charge in [0, 0.05) is 98.1 Å². The SMILES string of the molecule is C.C.CC.CC.CC.CCC.CCC.[Y].[Y].[Y]. The van der Waals surface area contributed by atoms with Crippen LogP contribution in [0.25, 0.3) is 0 Å². The second-order valence-corrected chi connectivity index (χ2v) is 1.41. The van der Waals surface area contributed by atoms with E-state index in [1.54, 1.807) is 0 Å². The topological polar surface area (TPSA) is 0 Å². The molecule has 0 aliphatic rings. The van der Waals surface area contributed by atoms with Crippen molar-refractivity contribution in [2.75, 3.05) is 0 Å². The first-order valence-corrected chi connectivity index (χ1v) is 5.83. The van der Waals surface area contributed by atoms with E-state index in [2.05, 4.69) is 27.7 Å². The maximum absolute atomic E-state index is 2.12. The summed E-state index contributed by atoms with van der Waals surface area (Å²) in [5, 5.41) is 0. The standard InChI is InChI=1S/2C3H8.3C2H6.2CH4.3Y/c2*1-3-2;3*1-2;;;;;/h2*3H2,1-2H3;3*1-2H3;2*1H4;;;. The predicted molar refractivity (Wildman–Crippen MR) is 79.4 cm³/mol. The van der Waals surface area contributed by atoms with Crippen molar-refractivity contribution in [1.82, 2.24) is 0 Å². The monoisotopic (exact) mass is 477 g/mol. The number of hydrogen-bond acceptors (Lipinski definition) is 0. The van der Waals surface area contributed by atoms with Crippen molar-refractivity contribution >= 4 is 0 Å². The third-order valence-corrected chi connectivity index (χ3v) is 0. The summed E-state index contributed by atoms with van der Waals surface area (Å²) in [7, 11) is 0. The van der Waals surface area contributed by atoms with Crippen LogP contribution in [0.15, 0.2) is 0 Å². The average Bonchev–Trinajstić information content (AvgIpc) is 2.16. The van der Waals surface area contributed by atoms with Gasteiger partial charge in [0.2, 0.25) is 0 Å². The van der Waals surface area contributed by atoms with Crippen LogP contribution < -0.4 is 0 Å². The van der Waals surface area contributed by atoms with Gasteiger partial charge in [0.15, 0.2) is 0 Å². The molecule has 0 bridgehead atoms. The fraction of sp³-hybridized carbons (Fsp3) is 1.00. The summed E-state index contributed by atoms with van der Waals surface area (Å²) in [4.78, 5) is 0. The minimum atomic E-state index is 0. The molecule has 0 aromatic heterocycles. The van der Waals surface area contributed by atoms with Gasteiger partial charge in [-0.3, -0.25) is 0 Å². The zero-order valence-corrected chi connectivity index (χ0v) is 21.7. The van der Waals surface area contributed by atoms with Gasteiger partial charge in [-0.25, -0.2) is 0 Å². The second kappa shape index (κ2) is 230. The molecule has 0 N–H and O–H groups in total. The van der Waals surface area contributed by atoms with Gasteiger partial charge < -0.3 is 0 Å². The van der Waals surface area contributed by atoms with Crippen molar-refractivity contribution in [3.05, 3.63) is 0 Å². The van der Waals surface area contributed by atoms with Gasteiger partial charge >= 0.3 is 0 Å². The Morgan fingerprint density at radius 2 is 0.412 bits per heavy atom. The van der Waals surface area contributed by atoms with Gasteiger partial charge in [-0.1, -0.05) is 96.9 Å². The Morgan fingerprint density at radius 3 is 0.412 bits per heavy atom. The van der Waals surface area contributed by atoms with Crippen LogP contribution in [0, 0.1) is 0 Å². The van der Waals surface area contributed by atoms with E-state index < -0.39 is 0 Å². The Balaban J connectivity index is -0.00000000425. The zero-order chi connectivity index (χ0) is 11.4. The molecular weight excluding hydrogens is 435 g/mol. The molecule has 0 heterocycles. The van der Waals surface area contributed by atoms with Crippen LogP contribution in [0.3, 0.4) is 0 Å². The van der Waals surface area contributed by atoms with E-state index in [0.29, 0.717) is 0 Å². The predicted octanol–water partition coefficient (Wildman–Crippen LogP) is 7.18. The van der Waals surface area contributed by atoms with E-state index in [-0.39, 0.29) is 113 Å². The number of hydrogen-bond donors (Lipinski definition) is 0. The maximum Gasteiger partial charge on any atom is 0 e. The smallest absolute Gasteiger partial charge is 0 e. The minimum Gasteiger partial charge on any atom is -0.0776 e. The molecular formula is C14H42Y3. The van der Waals surface area contributed by atoms with E-state index in [0.717, 1.165) is 0 Å². The minimum absolute atomic E-state index is 0. The molecule has 0 fully saturated rings. The van der Waals surface area contributed by atoms with Crippen molar-refractivity contribution in [2.45, 2.75) is 96.9 Å². The summed E-state index contributed by atoms with van der Waals surface area (Å²) in [6, 6.07) is 0. The molecule has 0 rings (SSSR count). The Kier molecular flexibility index (Phi) is 962. The Hall–Kier alpha value is 3.31. The molecule has 0 atom stereocenters. The Labute approximate surface area is 192 Å². The molecule has 3 radical (unpaired) electrons. The summed E-state index contributed by atoms with van der Waals surface area (Å²) < 4.78 is 0. The van der Waals surface area contributed by atoms with Gasteiger partial charge in [-0.15, -0.1) is 0 Å². The molecule has 0 aromatic carbocycles. The molecule has 0 saturated heterocycles. The molecule has 0 unspecified atom stereocenters. The molecule has 0 amide bonds. The van der Waals surface area contributed by atoms with E-state index in [1.165, 1.54) is 12.8 Å². The Morgan fingerprint density at radius 1 is 0.412 bits per heavy atom. The van der Waals surface area contributed by atoms with Crippen molar-refractivity contribution in [1.29, 1.82) is 0 Å². The molecule has 0 aliphatic carbocycles. The first-order chi connectivity index (χ1) is 5.83. The quantitative estimate of drug-likeness (QED) is 0.347. The van der Waals surface area contributed by atoms with Crippen LogP contribution in [0.4, 0.5) is 0 Å². The molecule has 0 nitrogen and oxygen atoms in total. The summed E-state index contributed by atoms with van der Waals surface area (Å²) in [5.41, 5.74) is 0. The van der Waals surface area contributed by atoms with E-state index in [9.17, 15) is 0 Å². The van der Waals surface area contributed by atoms with Crippen molar-refractivity contribution in [3.63, 3.8) is 0 Å². The van der Waals surface area contributed by atoms with Crippen LogP contribution in [-0.4, -0.2) is 0 Å². The van der Waals surface area contributed by atoms with Gasteiger partial charge in [0.25, 0.3) is 0 Å². The molecule has 3 heteroatoms. The zero-order valence-electron chi connectivity index (χ0n) is 13.1. The second-order valence-electron chi connectivity index (χ2n) is 1.41. The van der Waals surface area contributed by atoms with Crippen LogP contribution >= 0.6 is 0 Å². The Bertz CT molecular complexity index is 13.4. The van der Waals surface area contributed by atoms with Crippen LogP contribution in [0.5, 0.6) is 0 Å². The van der Waals surface area contributed by atoms with E-state index >= 15 is 0 Å². The first kappa shape index (κ1) is 71.2. The van der Waals surface area contributed by atoms with Crippen LogP contribution in [-0.2, 0) is 98.1 Å². The molecule has 107 valence electrons. The largest absolute Gasteiger partial charge is 0.0776 e. The summed E-state index contributed by atoms with van der Waals surface area (Å²) in [6.07, 6.45) is 2.50.